The topological polar surface area (TPSA) is 93.2 Å². The molecule has 3 unspecified atom stereocenters. The van der Waals surface area contributed by atoms with Crippen molar-refractivity contribution in [2.75, 3.05) is 5.32 Å². The van der Waals surface area contributed by atoms with Crippen molar-refractivity contribution in [1.82, 2.24) is 15.3 Å². The summed E-state index contributed by atoms with van der Waals surface area (Å²) in [5, 5.41) is 5.84. The molecule has 1 fully saturated rings. The summed E-state index contributed by atoms with van der Waals surface area (Å²) in [6, 6.07) is 4.36. The second-order valence-electron chi connectivity index (χ2n) is 9.24. The Kier molecular flexibility index (Phi) is 7.48. The number of anilines is 1. The maximum atomic E-state index is 13.5. The molecule has 1 aliphatic carbocycles. The molecule has 0 bridgehead atoms. The van der Waals surface area contributed by atoms with Gasteiger partial charge in [-0.25, -0.2) is 14.2 Å². The Balaban J connectivity index is 1.75. The number of hydrogen-bond donors (Lipinski definition) is 2. The number of hydrogen-bond acceptors (Lipinski definition) is 5. The summed E-state index contributed by atoms with van der Waals surface area (Å²) in [6.45, 7) is 7.65. The van der Waals surface area contributed by atoms with Gasteiger partial charge in [-0.05, 0) is 91.6 Å². The number of nitrogens with one attached hydrogen (secondary N) is 2. The van der Waals surface area contributed by atoms with E-state index in [0.29, 0.717) is 11.6 Å². The van der Waals surface area contributed by atoms with Crippen LogP contribution in [0.3, 0.4) is 0 Å². The SMILES string of the molecule is CC1CC(NC(=O)OC(C)(C)C)CC(c2ccncc2NC(=O)c2ccc(F)c(Br)n2)C1. The third kappa shape index (κ3) is 6.48. The van der Waals surface area contributed by atoms with E-state index < -0.39 is 23.4 Å². The highest BCUT2D eigenvalue weighted by Gasteiger charge is 2.31. The summed E-state index contributed by atoms with van der Waals surface area (Å²) in [6.07, 6.45) is 5.35. The molecule has 2 aromatic heterocycles. The molecule has 2 N–H and O–H groups in total. The van der Waals surface area contributed by atoms with E-state index in [1.54, 1.807) is 12.4 Å². The standard InChI is InChI=1S/C23H28BrFN4O3/c1-13-9-14(11-15(10-13)27-22(31)32-23(2,3)4)16-7-8-26-12-19(16)29-21(30)18-6-5-17(25)20(24)28-18/h5-8,12-15H,9-11H2,1-4H3,(H,27,31)(H,29,30). The Morgan fingerprint density at radius 3 is 2.62 bits per heavy atom. The Hall–Kier alpha value is -2.55. The molecule has 9 heteroatoms. The van der Waals surface area contributed by atoms with Gasteiger partial charge in [-0.3, -0.25) is 9.78 Å². The predicted octanol–water partition coefficient (Wildman–Crippen LogP) is 5.43. The highest BCUT2D eigenvalue weighted by atomic mass is 79.9. The zero-order valence-electron chi connectivity index (χ0n) is 18.6. The second kappa shape index (κ2) is 9.94. The van der Waals surface area contributed by atoms with E-state index in [1.165, 1.54) is 12.1 Å². The quantitative estimate of drug-likeness (QED) is 0.539. The molecule has 0 radical (unpaired) electrons. The van der Waals surface area contributed by atoms with Gasteiger partial charge < -0.3 is 15.4 Å². The number of nitrogens with zero attached hydrogens (tertiary/aromatic N) is 2. The lowest BCUT2D eigenvalue weighted by atomic mass is 9.76. The van der Waals surface area contributed by atoms with Crippen LogP contribution in [0.5, 0.6) is 0 Å². The van der Waals surface area contributed by atoms with Crippen molar-refractivity contribution in [1.29, 1.82) is 0 Å². The van der Waals surface area contributed by atoms with E-state index in [4.69, 9.17) is 4.74 Å². The van der Waals surface area contributed by atoms with E-state index in [2.05, 4.69) is 43.5 Å². The van der Waals surface area contributed by atoms with Crippen LogP contribution in [0.2, 0.25) is 0 Å². The molecule has 7 nitrogen and oxygen atoms in total. The van der Waals surface area contributed by atoms with Crippen LogP contribution < -0.4 is 10.6 Å². The molecular weight excluding hydrogens is 479 g/mol. The number of carbonyl (C=O) groups excluding carboxylic acids is 2. The van der Waals surface area contributed by atoms with Crippen LogP contribution in [-0.4, -0.2) is 33.6 Å². The number of aromatic nitrogens is 2. The molecule has 3 atom stereocenters. The van der Waals surface area contributed by atoms with Crippen LogP contribution in [0.25, 0.3) is 0 Å². The zero-order valence-corrected chi connectivity index (χ0v) is 20.2. The summed E-state index contributed by atoms with van der Waals surface area (Å²) in [7, 11) is 0. The molecule has 0 spiro atoms. The lowest BCUT2D eigenvalue weighted by molar-refractivity contribution is 0.0482. The number of rotatable bonds is 4. The molecule has 2 amide bonds. The van der Waals surface area contributed by atoms with Gasteiger partial charge in [-0.15, -0.1) is 0 Å². The molecule has 0 aliphatic heterocycles. The van der Waals surface area contributed by atoms with Gasteiger partial charge in [0.05, 0.1) is 11.9 Å². The van der Waals surface area contributed by atoms with Gasteiger partial charge in [0.15, 0.2) is 5.82 Å². The fraction of sp³-hybridized carbons (Fsp3) is 0.478. The number of amides is 2. The van der Waals surface area contributed by atoms with Crippen LogP contribution in [-0.2, 0) is 4.74 Å². The van der Waals surface area contributed by atoms with Gasteiger partial charge in [0.25, 0.3) is 5.91 Å². The minimum absolute atomic E-state index is 0.0197. The van der Waals surface area contributed by atoms with Crippen LogP contribution in [0.1, 0.15) is 68.9 Å². The Labute approximate surface area is 195 Å². The van der Waals surface area contributed by atoms with Gasteiger partial charge in [0.1, 0.15) is 15.9 Å². The van der Waals surface area contributed by atoms with Crippen molar-refractivity contribution in [2.24, 2.45) is 5.92 Å². The lowest BCUT2D eigenvalue weighted by Crippen LogP contribution is -2.42. The number of pyridine rings is 2. The monoisotopic (exact) mass is 506 g/mol. The maximum absolute atomic E-state index is 13.5. The van der Waals surface area contributed by atoms with Crippen molar-refractivity contribution in [2.45, 2.75) is 64.5 Å². The molecule has 2 aromatic rings. The third-order valence-electron chi connectivity index (χ3n) is 5.24. The third-order valence-corrected chi connectivity index (χ3v) is 5.80. The van der Waals surface area contributed by atoms with E-state index in [9.17, 15) is 14.0 Å². The van der Waals surface area contributed by atoms with Gasteiger partial charge in [0, 0.05) is 12.2 Å². The van der Waals surface area contributed by atoms with Crippen molar-refractivity contribution in [3.05, 3.63) is 52.3 Å². The van der Waals surface area contributed by atoms with Crippen molar-refractivity contribution in [3.63, 3.8) is 0 Å². The van der Waals surface area contributed by atoms with Gasteiger partial charge in [-0.1, -0.05) is 6.92 Å². The Morgan fingerprint density at radius 1 is 1.19 bits per heavy atom. The molecule has 0 saturated heterocycles. The second-order valence-corrected chi connectivity index (χ2v) is 9.99. The van der Waals surface area contributed by atoms with Gasteiger partial charge in [0.2, 0.25) is 0 Å². The van der Waals surface area contributed by atoms with Crippen molar-refractivity contribution in [3.8, 4) is 0 Å². The van der Waals surface area contributed by atoms with Crippen LogP contribution in [0.4, 0.5) is 14.9 Å². The molecule has 172 valence electrons. The van der Waals surface area contributed by atoms with E-state index in [1.807, 2.05) is 26.8 Å². The fourth-order valence-corrected chi connectivity index (χ4v) is 4.37. The van der Waals surface area contributed by atoms with Crippen molar-refractivity contribution >= 4 is 33.6 Å². The first-order chi connectivity index (χ1) is 15.0. The first-order valence-corrected chi connectivity index (χ1v) is 11.4. The first kappa shape index (κ1) is 24.1. The summed E-state index contributed by atoms with van der Waals surface area (Å²) in [5.74, 6) is -0.499. The molecule has 0 aromatic carbocycles. The van der Waals surface area contributed by atoms with Crippen LogP contribution in [0.15, 0.2) is 35.2 Å². The van der Waals surface area contributed by atoms with E-state index in [0.717, 1.165) is 24.8 Å². The smallest absolute Gasteiger partial charge is 0.407 e. The van der Waals surface area contributed by atoms with Crippen LogP contribution in [0, 0.1) is 11.7 Å². The van der Waals surface area contributed by atoms with Crippen molar-refractivity contribution < 1.29 is 18.7 Å². The molecular formula is C23H28BrFN4O3. The molecule has 1 aliphatic rings. The lowest BCUT2D eigenvalue weighted by Gasteiger charge is -2.35. The van der Waals surface area contributed by atoms with Crippen LogP contribution >= 0.6 is 15.9 Å². The van der Waals surface area contributed by atoms with Gasteiger partial charge in [-0.2, -0.15) is 0 Å². The molecule has 3 rings (SSSR count). The number of alkyl carbamates (subject to hydrolysis) is 1. The normalized spacial score (nSPS) is 21.0. The average Bonchev–Trinajstić information content (AvgIpc) is 2.68. The minimum atomic E-state index is -0.560. The number of halogens is 2. The molecule has 32 heavy (non-hydrogen) atoms. The summed E-state index contributed by atoms with van der Waals surface area (Å²) < 4.78 is 18.8. The largest absolute Gasteiger partial charge is 0.444 e. The Bertz CT molecular complexity index is 995. The fourth-order valence-electron chi connectivity index (χ4n) is 4.05. The number of carbonyl (C=O) groups is 2. The van der Waals surface area contributed by atoms with Gasteiger partial charge >= 0.3 is 6.09 Å². The number of ether oxygens (including phenoxy) is 1. The summed E-state index contributed by atoms with van der Waals surface area (Å²) >= 11 is 3.00. The highest BCUT2D eigenvalue weighted by molar-refractivity contribution is 9.10. The summed E-state index contributed by atoms with van der Waals surface area (Å²) in [5.41, 5.74) is 1.05. The summed E-state index contributed by atoms with van der Waals surface area (Å²) in [4.78, 5) is 33.1. The van der Waals surface area contributed by atoms with E-state index in [-0.39, 0.29) is 22.3 Å². The Morgan fingerprint density at radius 2 is 1.94 bits per heavy atom. The zero-order chi connectivity index (χ0) is 23.5. The maximum Gasteiger partial charge on any atom is 0.407 e. The predicted molar refractivity (Wildman–Crippen MR) is 123 cm³/mol. The first-order valence-electron chi connectivity index (χ1n) is 10.6. The minimum Gasteiger partial charge on any atom is -0.444 e. The highest BCUT2D eigenvalue weighted by Crippen LogP contribution is 2.39. The average molecular weight is 507 g/mol. The van der Waals surface area contributed by atoms with E-state index >= 15 is 0 Å². The molecule has 1 saturated carbocycles. The molecule has 2 heterocycles.